The Kier molecular flexibility index (Phi) is 7.88. The molecular formula is C16H32B2O5. The minimum absolute atomic E-state index is 0.0594. The molecule has 23 heavy (non-hydrogen) atoms. The zero-order valence-electron chi connectivity index (χ0n) is 16.4. The van der Waals surface area contributed by atoms with Crippen LogP contribution in [0.5, 0.6) is 0 Å². The van der Waals surface area contributed by atoms with Gasteiger partial charge in [-0.3, -0.25) is 9.59 Å². The van der Waals surface area contributed by atoms with Crippen molar-refractivity contribution in [2.24, 2.45) is 10.8 Å². The summed E-state index contributed by atoms with van der Waals surface area (Å²) in [5, 5.41) is 0. The monoisotopic (exact) mass is 326 g/mol. The fourth-order valence-electron chi connectivity index (χ4n) is 1.34. The topological polar surface area (TPSA) is 61.8 Å². The van der Waals surface area contributed by atoms with Crippen molar-refractivity contribution < 1.29 is 23.5 Å². The van der Waals surface area contributed by atoms with E-state index >= 15 is 0 Å². The van der Waals surface area contributed by atoms with Gasteiger partial charge in [-0.25, -0.2) is 0 Å². The smallest absolute Gasteiger partial charge is 0.510 e. The molecule has 0 amide bonds. The van der Waals surface area contributed by atoms with Crippen LogP contribution in [0.1, 0.15) is 69.2 Å². The third-order valence-corrected chi connectivity index (χ3v) is 3.03. The van der Waals surface area contributed by atoms with Crippen LogP contribution in [0.4, 0.5) is 0 Å². The summed E-state index contributed by atoms with van der Waals surface area (Å²) in [6.45, 7) is 18.3. The van der Waals surface area contributed by atoms with Crippen LogP contribution in [0.25, 0.3) is 0 Å². The molecule has 0 heterocycles. The lowest BCUT2D eigenvalue weighted by Crippen LogP contribution is -2.43. The molecule has 132 valence electrons. The van der Waals surface area contributed by atoms with E-state index < -0.39 is 25.1 Å². The van der Waals surface area contributed by atoms with Gasteiger partial charge in [-0.05, 0) is 41.5 Å². The Morgan fingerprint density at radius 1 is 0.696 bits per heavy atom. The SMILES string of the molecule is CC(C)B(OB(OC(=O)C(C)(C)C)C(C)C)OC(=O)C(C)(C)C. The van der Waals surface area contributed by atoms with E-state index in [0.717, 1.165) is 0 Å². The van der Waals surface area contributed by atoms with E-state index in [2.05, 4.69) is 0 Å². The first kappa shape index (κ1) is 22.0. The average Bonchev–Trinajstić information content (AvgIpc) is 2.33. The zero-order valence-corrected chi connectivity index (χ0v) is 16.4. The minimum Gasteiger partial charge on any atom is -0.510 e. The van der Waals surface area contributed by atoms with Crippen LogP contribution in [-0.4, -0.2) is 26.2 Å². The number of hydrogen-bond acceptors (Lipinski definition) is 5. The molecule has 0 aliphatic heterocycles. The second kappa shape index (κ2) is 8.22. The van der Waals surface area contributed by atoms with E-state index in [1.165, 1.54) is 0 Å². The first-order valence-corrected chi connectivity index (χ1v) is 8.24. The molecule has 0 unspecified atom stereocenters. The molecule has 0 aromatic rings. The van der Waals surface area contributed by atoms with Gasteiger partial charge in [0.1, 0.15) is 0 Å². The molecule has 0 aliphatic rings. The highest BCUT2D eigenvalue weighted by molar-refractivity contribution is 6.62. The van der Waals surface area contributed by atoms with Crippen molar-refractivity contribution >= 4 is 26.2 Å². The lowest BCUT2D eigenvalue weighted by molar-refractivity contribution is -0.145. The summed E-state index contributed by atoms with van der Waals surface area (Å²) in [6, 6.07) is 0. The van der Waals surface area contributed by atoms with E-state index in [-0.39, 0.29) is 23.6 Å². The number of carbonyl (C=O) groups is 2. The zero-order chi connectivity index (χ0) is 18.6. The quantitative estimate of drug-likeness (QED) is 0.691. The van der Waals surface area contributed by atoms with Crippen LogP contribution in [0.2, 0.25) is 11.6 Å². The van der Waals surface area contributed by atoms with Crippen LogP contribution in [-0.2, 0) is 23.5 Å². The molecule has 0 aromatic carbocycles. The maximum atomic E-state index is 12.1. The lowest BCUT2D eigenvalue weighted by Gasteiger charge is -2.28. The van der Waals surface area contributed by atoms with Gasteiger partial charge in [-0.15, -0.1) is 0 Å². The maximum Gasteiger partial charge on any atom is 0.517 e. The van der Waals surface area contributed by atoms with Gasteiger partial charge in [0.25, 0.3) is 11.9 Å². The molecule has 5 nitrogen and oxygen atoms in total. The maximum absolute atomic E-state index is 12.1. The van der Waals surface area contributed by atoms with E-state index in [0.29, 0.717) is 0 Å². The fourth-order valence-corrected chi connectivity index (χ4v) is 1.34. The predicted octanol–water partition coefficient (Wildman–Crippen LogP) is 3.98. The van der Waals surface area contributed by atoms with E-state index in [1.807, 2.05) is 27.7 Å². The number of rotatable bonds is 6. The lowest BCUT2D eigenvalue weighted by atomic mass is 9.66. The number of hydrogen-bond donors (Lipinski definition) is 0. The van der Waals surface area contributed by atoms with Crippen molar-refractivity contribution in [3.8, 4) is 0 Å². The van der Waals surface area contributed by atoms with Gasteiger partial charge < -0.3 is 13.9 Å². The largest absolute Gasteiger partial charge is 0.517 e. The third kappa shape index (κ3) is 7.91. The summed E-state index contributed by atoms with van der Waals surface area (Å²) in [5.41, 5.74) is -1.24. The third-order valence-electron chi connectivity index (χ3n) is 3.03. The second-order valence-corrected chi connectivity index (χ2v) is 8.67. The first-order valence-electron chi connectivity index (χ1n) is 8.24. The fraction of sp³-hybridized carbons (Fsp3) is 0.875. The standard InChI is InChI=1S/C16H32B2O5/c1-11(2)17(21-13(19)15(5,6)7)23-18(12(3)4)22-14(20)16(8,9)10/h11-12H,1-10H3. The number of carbonyl (C=O) groups excluding carboxylic acids is 2. The Bertz CT molecular complexity index is 370. The Morgan fingerprint density at radius 2 is 0.957 bits per heavy atom. The summed E-state index contributed by atoms with van der Waals surface area (Å²) in [5.74, 6) is -0.812. The van der Waals surface area contributed by atoms with Crippen molar-refractivity contribution in [3.05, 3.63) is 0 Å². The van der Waals surface area contributed by atoms with E-state index in [1.54, 1.807) is 41.5 Å². The van der Waals surface area contributed by atoms with Gasteiger partial charge in [-0.2, -0.15) is 0 Å². The molecule has 0 aliphatic carbocycles. The highest BCUT2D eigenvalue weighted by Gasteiger charge is 2.40. The van der Waals surface area contributed by atoms with Crippen molar-refractivity contribution in [1.82, 2.24) is 0 Å². The first-order chi connectivity index (χ1) is 10.2. The molecule has 0 saturated heterocycles. The molecule has 0 radical (unpaired) electrons. The molecule has 0 fully saturated rings. The molecule has 0 bridgehead atoms. The molecule has 0 atom stereocenters. The average molecular weight is 326 g/mol. The van der Waals surface area contributed by atoms with Gasteiger partial charge in [0.2, 0.25) is 0 Å². The van der Waals surface area contributed by atoms with Crippen LogP contribution >= 0.6 is 0 Å². The summed E-state index contributed by atoms with van der Waals surface area (Å²) >= 11 is 0. The predicted molar refractivity (Wildman–Crippen MR) is 93.9 cm³/mol. The highest BCUT2D eigenvalue weighted by atomic mass is 16.7. The molecule has 0 aromatic heterocycles. The van der Waals surface area contributed by atoms with Gasteiger partial charge in [0, 0.05) is 11.6 Å². The van der Waals surface area contributed by atoms with Gasteiger partial charge in [0.15, 0.2) is 0 Å². The van der Waals surface area contributed by atoms with Crippen molar-refractivity contribution in [2.75, 3.05) is 0 Å². The molecule has 0 spiro atoms. The normalized spacial score (nSPS) is 12.3. The summed E-state index contributed by atoms with van der Waals surface area (Å²) < 4.78 is 16.8. The molecule has 0 saturated carbocycles. The van der Waals surface area contributed by atoms with E-state index in [4.69, 9.17) is 13.9 Å². The van der Waals surface area contributed by atoms with Gasteiger partial charge in [0.05, 0.1) is 10.8 Å². The Hall–Kier alpha value is -0.970. The second-order valence-electron chi connectivity index (χ2n) is 8.67. The Morgan fingerprint density at radius 3 is 1.13 bits per heavy atom. The summed E-state index contributed by atoms with van der Waals surface area (Å²) in [4.78, 5) is 24.2. The van der Waals surface area contributed by atoms with Crippen molar-refractivity contribution in [2.45, 2.75) is 80.9 Å². The molecule has 0 rings (SSSR count). The molecule has 7 heteroatoms. The Balaban J connectivity index is 5.05. The van der Waals surface area contributed by atoms with Gasteiger partial charge >= 0.3 is 14.2 Å². The van der Waals surface area contributed by atoms with Gasteiger partial charge in [-0.1, -0.05) is 27.7 Å². The minimum atomic E-state index is -0.762. The summed E-state index contributed by atoms with van der Waals surface area (Å²) in [7, 11) is -1.52. The van der Waals surface area contributed by atoms with Crippen molar-refractivity contribution in [1.29, 1.82) is 0 Å². The molecule has 0 N–H and O–H groups in total. The van der Waals surface area contributed by atoms with Crippen LogP contribution in [0.15, 0.2) is 0 Å². The van der Waals surface area contributed by atoms with Crippen LogP contribution in [0, 0.1) is 10.8 Å². The Labute approximate surface area is 142 Å². The highest BCUT2D eigenvalue weighted by Crippen LogP contribution is 2.24. The summed E-state index contributed by atoms with van der Waals surface area (Å²) in [6.07, 6.45) is 0. The van der Waals surface area contributed by atoms with Crippen LogP contribution < -0.4 is 0 Å². The molecular weight excluding hydrogens is 294 g/mol. The van der Waals surface area contributed by atoms with Crippen molar-refractivity contribution in [3.63, 3.8) is 0 Å². The van der Waals surface area contributed by atoms with E-state index in [9.17, 15) is 9.59 Å². The van der Waals surface area contributed by atoms with Crippen LogP contribution in [0.3, 0.4) is 0 Å².